The molecule has 0 atom stereocenters. The van der Waals surface area contributed by atoms with E-state index in [9.17, 15) is 0 Å². The smallest absolute Gasteiger partial charge is 0.269 e. The van der Waals surface area contributed by atoms with Crippen LogP contribution in [0, 0.1) is 6.92 Å². The molecule has 1 aromatic heterocycles. The van der Waals surface area contributed by atoms with Crippen LogP contribution in [0.25, 0.3) is 22.5 Å². The van der Waals surface area contributed by atoms with Crippen LogP contribution in [0.5, 0.6) is 11.5 Å². The van der Waals surface area contributed by atoms with Crippen molar-refractivity contribution in [3.8, 4) is 22.9 Å². The summed E-state index contributed by atoms with van der Waals surface area (Å²) in [5.41, 5.74) is 2.70. The summed E-state index contributed by atoms with van der Waals surface area (Å²) in [7, 11) is 0. The summed E-state index contributed by atoms with van der Waals surface area (Å²) in [6, 6.07) is 11.4. The van der Waals surface area contributed by atoms with E-state index in [0.717, 1.165) is 16.7 Å². The minimum atomic E-state index is 0.232. The Morgan fingerprint density at radius 3 is 2.81 bits per heavy atom. The van der Waals surface area contributed by atoms with Crippen molar-refractivity contribution in [1.82, 2.24) is 10.1 Å². The van der Waals surface area contributed by atoms with Gasteiger partial charge in [0.05, 0.1) is 5.02 Å². The molecule has 0 unspecified atom stereocenters. The molecule has 1 aliphatic heterocycles. The number of hydrogen-bond acceptors (Lipinski definition) is 5. The average molecular weight is 389 g/mol. The zero-order valence-corrected chi connectivity index (χ0v) is 15.3. The predicted octanol–water partition coefficient (Wildman–Crippen LogP) is 5.21. The van der Waals surface area contributed by atoms with Gasteiger partial charge in [0.1, 0.15) is 18.2 Å². The molecule has 0 radical (unpaired) electrons. The van der Waals surface area contributed by atoms with Crippen molar-refractivity contribution in [2.75, 3.05) is 13.2 Å². The molecule has 0 fully saturated rings. The normalized spacial score (nSPS) is 13.7. The first kappa shape index (κ1) is 16.9. The van der Waals surface area contributed by atoms with E-state index in [4.69, 9.17) is 37.2 Å². The van der Waals surface area contributed by atoms with Crippen molar-refractivity contribution in [2.45, 2.75) is 6.92 Å². The first-order chi connectivity index (χ1) is 12.6. The highest BCUT2D eigenvalue weighted by molar-refractivity contribution is 6.50. The largest absolute Gasteiger partial charge is 0.486 e. The van der Waals surface area contributed by atoms with Gasteiger partial charge in [-0.05, 0) is 36.3 Å². The van der Waals surface area contributed by atoms with Gasteiger partial charge < -0.3 is 14.0 Å². The van der Waals surface area contributed by atoms with Gasteiger partial charge in [-0.25, -0.2) is 0 Å². The van der Waals surface area contributed by atoms with Crippen LogP contribution in [0.4, 0.5) is 0 Å². The highest BCUT2D eigenvalue weighted by Gasteiger charge is 2.17. The highest BCUT2D eigenvalue weighted by atomic mass is 35.5. The molecule has 0 amide bonds. The lowest BCUT2D eigenvalue weighted by molar-refractivity contribution is 0.171. The fourth-order valence-electron chi connectivity index (χ4n) is 2.68. The van der Waals surface area contributed by atoms with Gasteiger partial charge in [0.15, 0.2) is 11.5 Å². The topological polar surface area (TPSA) is 57.4 Å². The van der Waals surface area contributed by atoms with Crippen LogP contribution in [0.2, 0.25) is 5.02 Å². The van der Waals surface area contributed by atoms with E-state index in [-0.39, 0.29) is 5.89 Å². The van der Waals surface area contributed by atoms with E-state index in [1.54, 1.807) is 18.2 Å². The summed E-state index contributed by atoms with van der Waals surface area (Å²) in [6.45, 7) is 2.94. The van der Waals surface area contributed by atoms with E-state index in [2.05, 4.69) is 10.1 Å². The SMILES string of the molecule is Cc1ccccc1-c1noc(/C(Cl)=C/c2cc(Cl)c3c(c2)OCCO3)n1. The molecule has 0 saturated heterocycles. The molecule has 0 N–H and O–H groups in total. The fourth-order valence-corrected chi connectivity index (χ4v) is 3.15. The Morgan fingerprint density at radius 1 is 1.15 bits per heavy atom. The maximum atomic E-state index is 6.37. The van der Waals surface area contributed by atoms with Gasteiger partial charge in [-0.1, -0.05) is 52.6 Å². The van der Waals surface area contributed by atoms with Crippen LogP contribution in [0.15, 0.2) is 40.9 Å². The number of benzene rings is 2. The molecule has 0 aliphatic carbocycles. The summed E-state index contributed by atoms with van der Waals surface area (Å²) < 4.78 is 16.4. The summed E-state index contributed by atoms with van der Waals surface area (Å²) >= 11 is 12.6. The molecule has 5 nitrogen and oxygen atoms in total. The van der Waals surface area contributed by atoms with Crippen LogP contribution in [-0.4, -0.2) is 23.4 Å². The minimum absolute atomic E-state index is 0.232. The van der Waals surface area contributed by atoms with Crippen LogP contribution in [0.1, 0.15) is 17.0 Å². The maximum Gasteiger partial charge on any atom is 0.269 e. The van der Waals surface area contributed by atoms with Crippen molar-refractivity contribution < 1.29 is 14.0 Å². The summed E-state index contributed by atoms with van der Waals surface area (Å²) in [5, 5.41) is 4.79. The Balaban J connectivity index is 1.65. The number of ether oxygens (including phenoxy) is 2. The molecule has 26 heavy (non-hydrogen) atoms. The molecule has 1 aliphatic rings. The lowest BCUT2D eigenvalue weighted by Crippen LogP contribution is -2.15. The van der Waals surface area contributed by atoms with E-state index >= 15 is 0 Å². The second-order valence-corrected chi connectivity index (χ2v) is 6.57. The van der Waals surface area contributed by atoms with E-state index in [0.29, 0.717) is 40.6 Å². The van der Waals surface area contributed by atoms with Crippen molar-refractivity contribution >= 4 is 34.3 Å². The van der Waals surface area contributed by atoms with Gasteiger partial charge in [0.25, 0.3) is 5.89 Å². The number of nitrogens with zero attached hydrogens (tertiary/aromatic N) is 2. The molecule has 0 saturated carbocycles. The van der Waals surface area contributed by atoms with Gasteiger partial charge in [-0.2, -0.15) is 4.98 Å². The zero-order chi connectivity index (χ0) is 18.1. The molecule has 0 bridgehead atoms. The lowest BCUT2D eigenvalue weighted by Gasteiger charge is -2.19. The molecule has 7 heteroatoms. The molecule has 4 rings (SSSR count). The van der Waals surface area contributed by atoms with Crippen LogP contribution >= 0.6 is 23.2 Å². The number of fused-ring (bicyclic) bond motifs is 1. The van der Waals surface area contributed by atoms with Crippen LogP contribution in [0.3, 0.4) is 0 Å². The van der Waals surface area contributed by atoms with Gasteiger partial charge in [-0.15, -0.1) is 0 Å². The molecular formula is C19H14Cl2N2O3. The first-order valence-corrected chi connectivity index (χ1v) is 8.74. The van der Waals surface area contributed by atoms with Gasteiger partial charge in [-0.3, -0.25) is 0 Å². The summed E-state index contributed by atoms with van der Waals surface area (Å²) in [5.74, 6) is 1.86. The fraction of sp³-hybridized carbons (Fsp3) is 0.158. The Labute approximate surface area is 160 Å². The third kappa shape index (κ3) is 3.28. The predicted molar refractivity (Wildman–Crippen MR) is 101 cm³/mol. The zero-order valence-electron chi connectivity index (χ0n) is 13.8. The molecule has 0 spiro atoms. The number of hydrogen-bond donors (Lipinski definition) is 0. The molecule has 132 valence electrons. The van der Waals surface area contributed by atoms with Crippen LogP contribution in [-0.2, 0) is 0 Å². The number of aromatic nitrogens is 2. The van der Waals surface area contributed by atoms with Gasteiger partial charge in [0, 0.05) is 5.56 Å². The van der Waals surface area contributed by atoms with Crippen molar-refractivity contribution in [1.29, 1.82) is 0 Å². The average Bonchev–Trinajstić information content (AvgIpc) is 3.12. The second kappa shape index (κ2) is 7.02. The summed E-state index contributed by atoms with van der Waals surface area (Å²) in [6.07, 6.45) is 1.70. The standard InChI is InChI=1S/C19H14Cl2N2O3/c1-11-4-2-3-5-13(11)18-22-19(26-23-18)15(21)9-12-8-14(20)17-16(10-12)24-6-7-25-17/h2-5,8-10H,6-7H2,1H3/b15-9-. The Morgan fingerprint density at radius 2 is 1.96 bits per heavy atom. The number of aryl methyl sites for hydroxylation is 1. The molecular weight excluding hydrogens is 375 g/mol. The van der Waals surface area contributed by atoms with Crippen molar-refractivity contribution in [3.63, 3.8) is 0 Å². The monoisotopic (exact) mass is 388 g/mol. The lowest BCUT2D eigenvalue weighted by atomic mass is 10.1. The van der Waals surface area contributed by atoms with Gasteiger partial charge in [0.2, 0.25) is 5.82 Å². The van der Waals surface area contributed by atoms with E-state index < -0.39 is 0 Å². The third-order valence-electron chi connectivity index (χ3n) is 3.93. The number of rotatable bonds is 3. The molecule has 2 heterocycles. The van der Waals surface area contributed by atoms with Crippen molar-refractivity contribution in [3.05, 3.63) is 58.4 Å². The Kier molecular flexibility index (Phi) is 4.57. The highest BCUT2D eigenvalue weighted by Crippen LogP contribution is 2.39. The number of halogens is 2. The molecule has 3 aromatic rings. The maximum absolute atomic E-state index is 6.37. The second-order valence-electron chi connectivity index (χ2n) is 5.76. The third-order valence-corrected chi connectivity index (χ3v) is 4.48. The van der Waals surface area contributed by atoms with E-state index in [1.165, 1.54) is 0 Å². The van der Waals surface area contributed by atoms with E-state index in [1.807, 2.05) is 31.2 Å². The Hall–Kier alpha value is -2.50. The molecule has 2 aromatic carbocycles. The quantitative estimate of drug-likeness (QED) is 0.616. The van der Waals surface area contributed by atoms with Crippen LogP contribution < -0.4 is 9.47 Å². The first-order valence-electron chi connectivity index (χ1n) is 7.98. The van der Waals surface area contributed by atoms with Crippen molar-refractivity contribution in [2.24, 2.45) is 0 Å². The Bertz CT molecular complexity index is 998. The minimum Gasteiger partial charge on any atom is -0.486 e. The van der Waals surface area contributed by atoms with Gasteiger partial charge >= 0.3 is 0 Å². The summed E-state index contributed by atoms with van der Waals surface area (Å²) in [4.78, 5) is 4.38.